The van der Waals surface area contributed by atoms with Gasteiger partial charge in [0, 0.05) is 11.6 Å². The number of amides is 3. The SMILES string of the molecule is C=CCN1C(=O)c2ccc(C(=O)OCC(=O)Nc3cc(Cl)ccc3OC)cc2C1=O. The van der Waals surface area contributed by atoms with Crippen LogP contribution in [0, 0.1) is 0 Å². The third-order valence-corrected chi connectivity index (χ3v) is 4.52. The lowest BCUT2D eigenvalue weighted by molar-refractivity contribution is -0.119. The van der Waals surface area contributed by atoms with Crippen LogP contribution in [0.15, 0.2) is 49.1 Å². The summed E-state index contributed by atoms with van der Waals surface area (Å²) in [5, 5.41) is 2.94. The van der Waals surface area contributed by atoms with E-state index in [1.165, 1.54) is 37.5 Å². The zero-order valence-electron chi connectivity index (χ0n) is 15.9. The number of anilines is 1. The molecule has 8 nitrogen and oxygen atoms in total. The Hall–Kier alpha value is -3.65. The molecule has 0 aromatic heterocycles. The van der Waals surface area contributed by atoms with Crippen LogP contribution in [-0.4, -0.2) is 48.9 Å². The minimum absolute atomic E-state index is 0.0449. The average molecular weight is 429 g/mol. The molecule has 30 heavy (non-hydrogen) atoms. The second kappa shape index (κ2) is 8.79. The summed E-state index contributed by atoms with van der Waals surface area (Å²) < 4.78 is 10.1. The van der Waals surface area contributed by atoms with Crippen LogP contribution in [-0.2, 0) is 9.53 Å². The molecule has 0 radical (unpaired) electrons. The fourth-order valence-electron chi connectivity index (χ4n) is 2.89. The van der Waals surface area contributed by atoms with Gasteiger partial charge in [0.25, 0.3) is 17.7 Å². The number of imide groups is 1. The smallest absolute Gasteiger partial charge is 0.338 e. The van der Waals surface area contributed by atoms with Gasteiger partial charge in [-0.15, -0.1) is 6.58 Å². The number of rotatable bonds is 7. The molecular formula is C21H17ClN2O6. The Balaban J connectivity index is 1.66. The molecule has 0 atom stereocenters. The number of hydrogen-bond donors (Lipinski definition) is 1. The normalized spacial score (nSPS) is 12.4. The molecule has 0 bridgehead atoms. The first-order valence-electron chi connectivity index (χ1n) is 8.77. The van der Waals surface area contributed by atoms with Crippen molar-refractivity contribution in [3.05, 3.63) is 70.8 Å². The van der Waals surface area contributed by atoms with Crippen molar-refractivity contribution < 1.29 is 28.7 Å². The molecule has 1 N–H and O–H groups in total. The van der Waals surface area contributed by atoms with Crippen molar-refractivity contribution >= 4 is 41.0 Å². The molecule has 0 saturated heterocycles. The predicted molar refractivity (Wildman–Crippen MR) is 109 cm³/mol. The monoisotopic (exact) mass is 428 g/mol. The highest BCUT2D eigenvalue weighted by atomic mass is 35.5. The topological polar surface area (TPSA) is 102 Å². The fraction of sp³-hybridized carbons (Fsp3) is 0.143. The molecule has 0 saturated carbocycles. The highest BCUT2D eigenvalue weighted by Gasteiger charge is 2.35. The second-order valence-corrected chi connectivity index (χ2v) is 6.68. The largest absolute Gasteiger partial charge is 0.495 e. The summed E-state index contributed by atoms with van der Waals surface area (Å²) in [7, 11) is 1.44. The minimum atomic E-state index is -0.812. The van der Waals surface area contributed by atoms with E-state index in [4.69, 9.17) is 21.1 Å². The standard InChI is InChI=1S/C21H17ClN2O6/c1-3-8-24-19(26)14-6-4-12(9-15(14)20(24)27)21(28)30-11-18(25)23-16-10-13(22)5-7-17(16)29-2/h3-7,9-10H,1,8,11H2,2H3,(H,23,25). The third-order valence-electron chi connectivity index (χ3n) is 4.29. The average Bonchev–Trinajstić information content (AvgIpc) is 2.97. The quantitative estimate of drug-likeness (QED) is 0.413. The molecule has 0 spiro atoms. The number of nitrogens with one attached hydrogen (secondary N) is 1. The highest BCUT2D eigenvalue weighted by Crippen LogP contribution is 2.28. The summed E-state index contributed by atoms with van der Waals surface area (Å²) in [6, 6.07) is 8.71. The number of hydrogen-bond acceptors (Lipinski definition) is 6. The number of ether oxygens (including phenoxy) is 2. The maximum atomic E-state index is 12.3. The number of methoxy groups -OCH3 is 1. The lowest BCUT2D eigenvalue weighted by Gasteiger charge is -2.11. The van der Waals surface area contributed by atoms with Gasteiger partial charge >= 0.3 is 5.97 Å². The van der Waals surface area contributed by atoms with Crippen molar-refractivity contribution in [1.82, 2.24) is 4.90 Å². The molecule has 9 heteroatoms. The summed E-state index contributed by atoms with van der Waals surface area (Å²) in [4.78, 5) is 50.0. The van der Waals surface area contributed by atoms with Gasteiger partial charge in [0.15, 0.2) is 6.61 Å². The molecule has 0 fully saturated rings. The van der Waals surface area contributed by atoms with Crippen LogP contribution in [0.5, 0.6) is 5.75 Å². The van der Waals surface area contributed by atoms with Gasteiger partial charge in [0.2, 0.25) is 0 Å². The molecule has 0 aliphatic carbocycles. The Morgan fingerprint density at radius 2 is 1.87 bits per heavy atom. The molecule has 3 rings (SSSR count). The maximum Gasteiger partial charge on any atom is 0.338 e. The van der Waals surface area contributed by atoms with Gasteiger partial charge in [-0.3, -0.25) is 19.3 Å². The van der Waals surface area contributed by atoms with Crippen molar-refractivity contribution in [1.29, 1.82) is 0 Å². The maximum absolute atomic E-state index is 12.3. The van der Waals surface area contributed by atoms with Crippen LogP contribution in [0.1, 0.15) is 31.1 Å². The van der Waals surface area contributed by atoms with Gasteiger partial charge in [-0.2, -0.15) is 0 Å². The summed E-state index contributed by atoms with van der Waals surface area (Å²) in [5.74, 6) is -1.99. The number of esters is 1. The first kappa shape index (κ1) is 21.1. The Labute approximate surface area is 177 Å². The van der Waals surface area contributed by atoms with E-state index in [2.05, 4.69) is 11.9 Å². The van der Waals surface area contributed by atoms with Gasteiger partial charge in [-0.25, -0.2) is 4.79 Å². The van der Waals surface area contributed by atoms with Crippen LogP contribution < -0.4 is 10.1 Å². The summed E-state index contributed by atoms with van der Waals surface area (Å²) >= 11 is 5.91. The van der Waals surface area contributed by atoms with Crippen LogP contribution in [0.3, 0.4) is 0 Å². The van der Waals surface area contributed by atoms with Crippen LogP contribution in [0.25, 0.3) is 0 Å². The van der Waals surface area contributed by atoms with Crippen molar-refractivity contribution in [3.63, 3.8) is 0 Å². The Kier molecular flexibility index (Phi) is 6.17. The van der Waals surface area contributed by atoms with E-state index in [1.54, 1.807) is 12.1 Å². The van der Waals surface area contributed by atoms with Gasteiger partial charge in [0.05, 0.1) is 29.5 Å². The van der Waals surface area contributed by atoms with E-state index in [-0.39, 0.29) is 23.2 Å². The summed E-state index contributed by atoms with van der Waals surface area (Å²) in [6.07, 6.45) is 1.43. The van der Waals surface area contributed by atoms with E-state index in [9.17, 15) is 19.2 Å². The number of nitrogens with zero attached hydrogens (tertiary/aromatic N) is 1. The van der Waals surface area contributed by atoms with E-state index >= 15 is 0 Å². The molecule has 1 aliphatic rings. The van der Waals surface area contributed by atoms with Gasteiger partial charge in [0.1, 0.15) is 5.75 Å². The van der Waals surface area contributed by atoms with E-state index in [0.29, 0.717) is 16.5 Å². The van der Waals surface area contributed by atoms with Crippen molar-refractivity contribution in [2.24, 2.45) is 0 Å². The second-order valence-electron chi connectivity index (χ2n) is 6.24. The number of benzene rings is 2. The summed E-state index contributed by atoms with van der Waals surface area (Å²) in [5.41, 5.74) is 0.673. The number of carbonyl (C=O) groups is 4. The Bertz CT molecular complexity index is 1070. The molecule has 2 aromatic rings. The van der Waals surface area contributed by atoms with Gasteiger partial charge < -0.3 is 14.8 Å². The predicted octanol–water partition coefficient (Wildman–Crippen LogP) is 2.93. The molecule has 2 aromatic carbocycles. The zero-order chi connectivity index (χ0) is 21.8. The molecule has 154 valence electrons. The van der Waals surface area contributed by atoms with Gasteiger partial charge in [-0.1, -0.05) is 17.7 Å². The Morgan fingerprint density at radius 1 is 1.13 bits per heavy atom. The van der Waals surface area contributed by atoms with Gasteiger partial charge in [-0.05, 0) is 36.4 Å². The fourth-order valence-corrected chi connectivity index (χ4v) is 3.06. The number of halogens is 1. The number of carbonyl (C=O) groups excluding carboxylic acids is 4. The molecule has 1 aliphatic heterocycles. The Morgan fingerprint density at radius 3 is 2.57 bits per heavy atom. The highest BCUT2D eigenvalue weighted by molar-refractivity contribution is 6.31. The van der Waals surface area contributed by atoms with Crippen LogP contribution in [0.2, 0.25) is 5.02 Å². The third kappa shape index (κ3) is 4.18. The molecule has 3 amide bonds. The van der Waals surface area contributed by atoms with Crippen LogP contribution in [0.4, 0.5) is 5.69 Å². The van der Waals surface area contributed by atoms with E-state index in [1.807, 2.05) is 0 Å². The first-order valence-corrected chi connectivity index (χ1v) is 9.15. The van der Waals surface area contributed by atoms with E-state index < -0.39 is 30.3 Å². The molecular weight excluding hydrogens is 412 g/mol. The van der Waals surface area contributed by atoms with Crippen molar-refractivity contribution in [2.75, 3.05) is 25.6 Å². The first-order chi connectivity index (χ1) is 14.3. The lowest BCUT2D eigenvalue weighted by atomic mass is 10.1. The zero-order valence-corrected chi connectivity index (χ0v) is 16.7. The molecule has 0 unspecified atom stereocenters. The van der Waals surface area contributed by atoms with E-state index in [0.717, 1.165) is 4.90 Å². The minimum Gasteiger partial charge on any atom is -0.495 e. The van der Waals surface area contributed by atoms with Crippen LogP contribution >= 0.6 is 11.6 Å². The van der Waals surface area contributed by atoms with Crippen molar-refractivity contribution in [2.45, 2.75) is 0 Å². The van der Waals surface area contributed by atoms with Crippen molar-refractivity contribution in [3.8, 4) is 5.75 Å². The molecule has 1 heterocycles. The number of fused-ring (bicyclic) bond motifs is 1. The summed E-state index contributed by atoms with van der Waals surface area (Å²) in [6.45, 7) is 3.02. The lowest BCUT2D eigenvalue weighted by Crippen LogP contribution is -2.29.